The lowest BCUT2D eigenvalue weighted by molar-refractivity contribution is -0.140. The summed E-state index contributed by atoms with van der Waals surface area (Å²) < 4.78 is 53.4. The number of halogens is 5. The Bertz CT molecular complexity index is 654. The van der Waals surface area contributed by atoms with Gasteiger partial charge in [-0.3, -0.25) is 4.68 Å². The van der Waals surface area contributed by atoms with Gasteiger partial charge in [0, 0.05) is 12.1 Å². The smallest absolute Gasteiger partial charge is 0.382 e. The lowest BCUT2D eigenvalue weighted by Gasteiger charge is -2.17. The second kappa shape index (κ2) is 5.65. The zero-order valence-electron chi connectivity index (χ0n) is 10.8. The Balaban J connectivity index is 2.54. The van der Waals surface area contributed by atoms with Crippen molar-refractivity contribution in [3.8, 4) is 0 Å². The number of aliphatic hydroxyl groups excluding tert-OH is 1. The number of nitrogens with zero attached hydrogens (tertiary/aromatic N) is 2. The molecule has 0 fully saturated rings. The van der Waals surface area contributed by atoms with Crippen LogP contribution in [0.25, 0.3) is 0 Å². The van der Waals surface area contributed by atoms with Gasteiger partial charge in [-0.1, -0.05) is 23.7 Å². The summed E-state index contributed by atoms with van der Waals surface area (Å²) in [4.78, 5) is 0. The van der Waals surface area contributed by atoms with Gasteiger partial charge in [0.25, 0.3) is 0 Å². The number of benzene rings is 1. The Morgan fingerprint density at radius 3 is 2.62 bits per heavy atom. The third-order valence-corrected chi connectivity index (χ3v) is 3.31. The van der Waals surface area contributed by atoms with Crippen molar-refractivity contribution in [2.24, 2.45) is 0 Å². The van der Waals surface area contributed by atoms with Gasteiger partial charge in [-0.2, -0.15) is 18.3 Å². The molecular weight excluding hydrogens is 312 g/mol. The van der Waals surface area contributed by atoms with Crippen LogP contribution in [0.15, 0.2) is 24.4 Å². The molecule has 0 radical (unpaired) electrons. The molecule has 1 N–H and O–H groups in total. The summed E-state index contributed by atoms with van der Waals surface area (Å²) in [6.07, 6.45) is -5.23. The summed E-state index contributed by atoms with van der Waals surface area (Å²) in [5.74, 6) is -1.52. The van der Waals surface area contributed by atoms with Crippen molar-refractivity contribution < 1.29 is 22.7 Å². The van der Waals surface area contributed by atoms with Crippen LogP contribution >= 0.6 is 11.6 Å². The fraction of sp³-hybridized carbons (Fsp3) is 0.308. The molecule has 1 aromatic carbocycles. The number of aryl methyl sites for hydroxylation is 1. The van der Waals surface area contributed by atoms with Gasteiger partial charge in [-0.15, -0.1) is 0 Å². The van der Waals surface area contributed by atoms with E-state index in [2.05, 4.69) is 5.10 Å². The Kier molecular flexibility index (Phi) is 4.25. The molecule has 0 aliphatic carbocycles. The summed E-state index contributed by atoms with van der Waals surface area (Å²) >= 11 is 5.86. The summed E-state index contributed by atoms with van der Waals surface area (Å²) in [5.41, 5.74) is -1.88. The molecule has 114 valence electrons. The van der Waals surface area contributed by atoms with Crippen LogP contribution in [0, 0.1) is 5.82 Å². The molecule has 3 nitrogen and oxygen atoms in total. The number of aliphatic hydroxyl groups is 1. The molecule has 0 aliphatic rings. The highest BCUT2D eigenvalue weighted by atomic mass is 35.5. The van der Waals surface area contributed by atoms with E-state index in [4.69, 9.17) is 11.6 Å². The van der Waals surface area contributed by atoms with E-state index in [1.165, 1.54) is 10.9 Å². The first-order valence-electron chi connectivity index (χ1n) is 6.02. The maximum atomic E-state index is 14.0. The van der Waals surface area contributed by atoms with E-state index in [-0.39, 0.29) is 10.7 Å². The van der Waals surface area contributed by atoms with Crippen LogP contribution in [-0.4, -0.2) is 14.9 Å². The fourth-order valence-corrected chi connectivity index (χ4v) is 2.27. The largest absolute Gasteiger partial charge is 0.419 e. The summed E-state index contributed by atoms with van der Waals surface area (Å²) in [6.45, 7) is 2.04. The average molecular weight is 323 g/mol. The maximum absolute atomic E-state index is 14.0. The highest BCUT2D eigenvalue weighted by molar-refractivity contribution is 6.31. The Morgan fingerprint density at radius 1 is 1.38 bits per heavy atom. The van der Waals surface area contributed by atoms with E-state index in [1.54, 1.807) is 6.92 Å². The summed E-state index contributed by atoms with van der Waals surface area (Å²) in [7, 11) is 0. The van der Waals surface area contributed by atoms with Crippen molar-refractivity contribution in [1.29, 1.82) is 0 Å². The molecule has 1 aromatic heterocycles. The molecule has 0 saturated carbocycles. The topological polar surface area (TPSA) is 38.0 Å². The third-order valence-electron chi connectivity index (χ3n) is 3.02. The van der Waals surface area contributed by atoms with Gasteiger partial charge < -0.3 is 5.11 Å². The number of hydrogen-bond donors (Lipinski definition) is 1. The minimum Gasteiger partial charge on any atom is -0.382 e. The van der Waals surface area contributed by atoms with Crippen molar-refractivity contribution in [3.05, 3.63) is 52.1 Å². The molecule has 21 heavy (non-hydrogen) atoms. The summed E-state index contributed by atoms with van der Waals surface area (Å²) in [5, 5.41) is 14.1. The highest BCUT2D eigenvalue weighted by Gasteiger charge is 2.36. The van der Waals surface area contributed by atoms with Crippen molar-refractivity contribution in [3.63, 3.8) is 0 Å². The molecule has 1 heterocycles. The van der Waals surface area contributed by atoms with E-state index < -0.39 is 29.2 Å². The van der Waals surface area contributed by atoms with Crippen molar-refractivity contribution in [2.75, 3.05) is 0 Å². The molecule has 8 heteroatoms. The summed E-state index contributed by atoms with van der Waals surface area (Å²) in [6, 6.07) is 2.73. The Labute approximate surface area is 122 Å². The van der Waals surface area contributed by atoms with Crippen LogP contribution in [0.5, 0.6) is 0 Å². The molecule has 0 saturated heterocycles. The average Bonchev–Trinajstić information content (AvgIpc) is 2.78. The van der Waals surface area contributed by atoms with Crippen molar-refractivity contribution in [2.45, 2.75) is 25.7 Å². The van der Waals surface area contributed by atoms with Gasteiger partial charge >= 0.3 is 6.18 Å². The zero-order chi connectivity index (χ0) is 15.8. The molecule has 1 unspecified atom stereocenters. The quantitative estimate of drug-likeness (QED) is 0.873. The second-order valence-electron chi connectivity index (χ2n) is 4.30. The molecule has 0 bridgehead atoms. The van der Waals surface area contributed by atoms with Crippen molar-refractivity contribution >= 4 is 11.6 Å². The van der Waals surface area contributed by atoms with Gasteiger partial charge in [0.05, 0.1) is 22.5 Å². The first-order chi connectivity index (χ1) is 9.77. The standard InChI is InChI=1S/C13H11ClF4N2O/c1-2-20-11(9(14)6-19-20)12(21)7-4-3-5-8(10(7)15)13(16,17)18/h3-6,12,21H,2H2,1H3. The Hall–Kier alpha value is -1.60. The van der Waals surface area contributed by atoms with Gasteiger partial charge in [0.1, 0.15) is 11.9 Å². The molecule has 1 atom stereocenters. The first kappa shape index (κ1) is 15.8. The lowest BCUT2D eigenvalue weighted by atomic mass is 10.0. The number of hydrogen-bond acceptors (Lipinski definition) is 2. The van der Waals surface area contributed by atoms with Crippen LogP contribution in [0.2, 0.25) is 5.02 Å². The highest BCUT2D eigenvalue weighted by Crippen LogP contribution is 2.36. The minimum atomic E-state index is -4.84. The fourth-order valence-electron chi connectivity index (χ4n) is 2.02. The van der Waals surface area contributed by atoms with Gasteiger partial charge in [0.2, 0.25) is 0 Å². The van der Waals surface area contributed by atoms with E-state index in [9.17, 15) is 22.7 Å². The van der Waals surface area contributed by atoms with Crippen LogP contribution < -0.4 is 0 Å². The van der Waals surface area contributed by atoms with Gasteiger partial charge in [0.15, 0.2) is 0 Å². The van der Waals surface area contributed by atoms with Gasteiger partial charge in [-0.05, 0) is 13.0 Å². The van der Waals surface area contributed by atoms with Crippen LogP contribution in [0.4, 0.5) is 17.6 Å². The van der Waals surface area contributed by atoms with Crippen LogP contribution in [-0.2, 0) is 12.7 Å². The van der Waals surface area contributed by atoms with Gasteiger partial charge in [-0.25, -0.2) is 4.39 Å². The molecule has 0 aliphatic heterocycles. The normalized spacial score (nSPS) is 13.5. The lowest BCUT2D eigenvalue weighted by Crippen LogP contribution is -2.15. The Morgan fingerprint density at radius 2 is 2.05 bits per heavy atom. The number of rotatable bonds is 3. The predicted molar refractivity (Wildman–Crippen MR) is 68.4 cm³/mol. The van der Waals surface area contributed by atoms with Crippen LogP contribution in [0.1, 0.15) is 29.8 Å². The van der Waals surface area contributed by atoms with Crippen LogP contribution in [0.3, 0.4) is 0 Å². The molecule has 0 spiro atoms. The predicted octanol–water partition coefficient (Wildman–Crippen LogP) is 3.80. The third kappa shape index (κ3) is 2.89. The monoisotopic (exact) mass is 322 g/mol. The number of aromatic nitrogens is 2. The SMILES string of the molecule is CCn1ncc(Cl)c1C(O)c1cccc(C(F)(F)F)c1F. The minimum absolute atomic E-state index is 0.0531. The molecule has 2 aromatic rings. The molecular formula is C13H11ClF4N2O. The number of alkyl halides is 3. The maximum Gasteiger partial charge on any atom is 0.419 e. The van der Waals surface area contributed by atoms with Crippen molar-refractivity contribution in [1.82, 2.24) is 9.78 Å². The van der Waals surface area contributed by atoms with E-state index in [0.29, 0.717) is 12.6 Å². The molecule has 0 amide bonds. The first-order valence-corrected chi connectivity index (χ1v) is 6.40. The molecule has 2 rings (SSSR count). The van der Waals surface area contributed by atoms with E-state index >= 15 is 0 Å². The zero-order valence-corrected chi connectivity index (χ0v) is 11.6. The van der Waals surface area contributed by atoms with E-state index in [0.717, 1.165) is 12.1 Å². The second-order valence-corrected chi connectivity index (χ2v) is 4.71. The van der Waals surface area contributed by atoms with E-state index in [1.807, 2.05) is 0 Å².